The number of thiazole rings is 1. The van der Waals surface area contributed by atoms with Crippen molar-refractivity contribution in [2.45, 2.75) is 32.9 Å². The lowest BCUT2D eigenvalue weighted by molar-refractivity contribution is -0.156. The van der Waals surface area contributed by atoms with Crippen LogP contribution >= 0.6 is 11.3 Å². The van der Waals surface area contributed by atoms with Gasteiger partial charge in [0.2, 0.25) is 0 Å². The number of hydrogen-bond donors (Lipinski definition) is 0. The Morgan fingerprint density at radius 2 is 1.59 bits per heavy atom. The van der Waals surface area contributed by atoms with Crippen molar-refractivity contribution in [3.63, 3.8) is 0 Å². The van der Waals surface area contributed by atoms with E-state index in [0.29, 0.717) is 38.5 Å². The number of esters is 1. The van der Waals surface area contributed by atoms with Gasteiger partial charge in [-0.15, -0.1) is 0 Å². The van der Waals surface area contributed by atoms with Gasteiger partial charge in [-0.3, -0.25) is 9.36 Å². The van der Waals surface area contributed by atoms with Crippen LogP contribution in [0.15, 0.2) is 65.5 Å². The molecule has 1 heterocycles. The monoisotopic (exact) mass is 577 g/mol. The molecule has 9 heteroatoms. The Kier molecular flexibility index (Phi) is 10.6. The number of fused-ring (bicyclic) bond motifs is 1. The lowest BCUT2D eigenvalue weighted by Crippen LogP contribution is -2.28. The highest BCUT2D eigenvalue weighted by molar-refractivity contribution is 7.16. The summed E-state index contributed by atoms with van der Waals surface area (Å²) in [7, 11) is 3.25. The van der Waals surface area contributed by atoms with Gasteiger partial charge < -0.3 is 23.7 Å². The lowest BCUT2D eigenvalue weighted by Gasteiger charge is -2.16. The molecule has 0 amide bonds. The van der Waals surface area contributed by atoms with Crippen molar-refractivity contribution in [3.8, 4) is 17.2 Å². The van der Waals surface area contributed by atoms with E-state index in [1.54, 1.807) is 25.7 Å². The van der Waals surface area contributed by atoms with E-state index in [-0.39, 0.29) is 10.8 Å². The third-order valence-corrected chi connectivity index (χ3v) is 7.32. The number of carbonyl (C=O) groups is 1. The Bertz CT molecular complexity index is 1520. The van der Waals surface area contributed by atoms with E-state index in [0.717, 1.165) is 38.4 Å². The summed E-state index contributed by atoms with van der Waals surface area (Å²) >= 11 is 1.22. The van der Waals surface area contributed by atoms with E-state index in [9.17, 15) is 9.59 Å². The predicted molar refractivity (Wildman–Crippen MR) is 162 cm³/mol. The first kappa shape index (κ1) is 29.9. The predicted octanol–water partition coefficient (Wildman–Crippen LogP) is 5.84. The van der Waals surface area contributed by atoms with Crippen molar-refractivity contribution in [1.82, 2.24) is 4.57 Å². The van der Waals surface area contributed by atoms with Crippen molar-refractivity contribution in [2.75, 3.05) is 34.0 Å². The maximum absolute atomic E-state index is 12.7. The molecule has 8 nitrogen and oxygen atoms in total. The van der Waals surface area contributed by atoms with Crippen molar-refractivity contribution < 1.29 is 28.5 Å². The maximum atomic E-state index is 12.7. The molecular formula is C32H35NO7S. The van der Waals surface area contributed by atoms with E-state index in [2.05, 4.69) is 0 Å². The number of methoxy groups -OCH3 is 2. The average Bonchev–Trinajstić information content (AvgIpc) is 3.30. The third kappa shape index (κ3) is 7.99. The number of hydrogen-bond acceptors (Lipinski definition) is 8. The molecule has 41 heavy (non-hydrogen) atoms. The highest BCUT2D eigenvalue weighted by Gasteiger charge is 2.20. The second-order valence-electron chi connectivity index (χ2n) is 9.12. The number of benzene rings is 3. The molecule has 1 aromatic heterocycles. The van der Waals surface area contributed by atoms with Crippen LogP contribution in [0.2, 0.25) is 0 Å². The molecular weight excluding hydrogens is 542 g/mol. The Labute approximate surface area is 243 Å². The van der Waals surface area contributed by atoms with Gasteiger partial charge in [-0.25, -0.2) is 4.79 Å². The SMILES string of the molecule is CCOC(=O)C(Cc1ccc(OCCn2c(=O)sc3cc(/C=C/c4cc(OC)cc(OC)c4)ccc32)cc1)OCC. The van der Waals surface area contributed by atoms with Crippen LogP contribution < -0.4 is 19.1 Å². The van der Waals surface area contributed by atoms with Gasteiger partial charge in [0.25, 0.3) is 0 Å². The standard InChI is InChI=1S/C32H35NO7S/c1-5-38-29(31(34)39-6-2)19-22-9-12-25(13-10-22)40-16-15-33-28-14-11-23(20-30(28)41-32(33)35)7-8-24-17-26(36-3)21-27(18-24)37-4/h7-14,17-18,20-21,29H,5-6,15-16,19H2,1-4H3/b8-7+. The van der Waals surface area contributed by atoms with Crippen LogP contribution in [-0.2, 0) is 27.2 Å². The zero-order chi connectivity index (χ0) is 29.2. The van der Waals surface area contributed by atoms with Gasteiger partial charge >= 0.3 is 10.8 Å². The van der Waals surface area contributed by atoms with E-state index in [4.69, 9.17) is 23.7 Å². The fourth-order valence-corrected chi connectivity index (χ4v) is 5.32. The molecule has 0 spiro atoms. The molecule has 0 radical (unpaired) electrons. The summed E-state index contributed by atoms with van der Waals surface area (Å²) in [6.07, 6.45) is 3.78. The summed E-state index contributed by atoms with van der Waals surface area (Å²) < 4.78 is 29.9. The van der Waals surface area contributed by atoms with Crippen LogP contribution in [0.1, 0.15) is 30.5 Å². The van der Waals surface area contributed by atoms with Crippen molar-refractivity contribution in [3.05, 3.63) is 87.0 Å². The van der Waals surface area contributed by atoms with Gasteiger partial charge in [0.05, 0.1) is 37.6 Å². The lowest BCUT2D eigenvalue weighted by atomic mass is 10.1. The Balaban J connectivity index is 1.37. The highest BCUT2D eigenvalue weighted by atomic mass is 32.1. The van der Waals surface area contributed by atoms with E-state index in [1.165, 1.54) is 11.3 Å². The molecule has 0 aliphatic carbocycles. The first-order chi connectivity index (χ1) is 19.9. The van der Waals surface area contributed by atoms with Crippen LogP contribution in [0, 0.1) is 0 Å². The Hall–Kier alpha value is -4.08. The molecule has 0 saturated heterocycles. The number of rotatable bonds is 14. The normalized spacial score (nSPS) is 12.0. The van der Waals surface area contributed by atoms with Gasteiger partial charge in [-0.1, -0.05) is 41.7 Å². The Morgan fingerprint density at radius 1 is 0.878 bits per heavy atom. The summed E-state index contributed by atoms with van der Waals surface area (Å²) in [6, 6.07) is 19.2. The number of carbonyl (C=O) groups excluding carboxylic acids is 1. The first-order valence-corrected chi connectivity index (χ1v) is 14.3. The minimum absolute atomic E-state index is 0.0291. The summed E-state index contributed by atoms with van der Waals surface area (Å²) in [5.41, 5.74) is 3.75. The number of ether oxygens (including phenoxy) is 5. The summed E-state index contributed by atoms with van der Waals surface area (Å²) in [5, 5.41) is 0. The fourth-order valence-electron chi connectivity index (χ4n) is 4.35. The average molecular weight is 578 g/mol. The molecule has 0 fully saturated rings. The molecule has 1 unspecified atom stereocenters. The van der Waals surface area contributed by atoms with E-state index >= 15 is 0 Å². The zero-order valence-electron chi connectivity index (χ0n) is 23.8. The third-order valence-electron chi connectivity index (χ3n) is 6.38. The number of aromatic nitrogens is 1. The minimum atomic E-state index is -0.633. The maximum Gasteiger partial charge on any atom is 0.335 e. The van der Waals surface area contributed by atoms with Gasteiger partial charge in [0.15, 0.2) is 6.10 Å². The summed E-state index contributed by atoms with van der Waals surface area (Å²) in [6.45, 7) is 5.14. The molecule has 0 aliphatic heterocycles. The highest BCUT2D eigenvalue weighted by Crippen LogP contribution is 2.25. The second-order valence-corrected chi connectivity index (χ2v) is 10.1. The largest absolute Gasteiger partial charge is 0.497 e. The zero-order valence-corrected chi connectivity index (χ0v) is 24.6. The molecule has 0 saturated carbocycles. The topological polar surface area (TPSA) is 85.2 Å². The van der Waals surface area contributed by atoms with Crippen LogP contribution in [0.25, 0.3) is 22.4 Å². The summed E-state index contributed by atoms with van der Waals surface area (Å²) in [5.74, 6) is 1.77. The van der Waals surface area contributed by atoms with Crippen molar-refractivity contribution >= 4 is 39.7 Å². The Morgan fingerprint density at radius 3 is 2.24 bits per heavy atom. The van der Waals surface area contributed by atoms with Gasteiger partial charge in [0, 0.05) is 19.1 Å². The summed E-state index contributed by atoms with van der Waals surface area (Å²) in [4.78, 5) is 24.8. The van der Waals surface area contributed by atoms with Crippen molar-refractivity contribution in [2.24, 2.45) is 0 Å². The fraction of sp³-hybridized carbons (Fsp3) is 0.312. The first-order valence-electron chi connectivity index (χ1n) is 13.5. The van der Waals surface area contributed by atoms with Crippen molar-refractivity contribution in [1.29, 1.82) is 0 Å². The van der Waals surface area contributed by atoms with Gasteiger partial charge in [-0.2, -0.15) is 0 Å². The van der Waals surface area contributed by atoms with Crippen LogP contribution in [0.4, 0.5) is 0 Å². The molecule has 4 rings (SSSR count). The molecule has 0 aliphatic rings. The van der Waals surface area contributed by atoms with Gasteiger partial charge in [-0.05, 0) is 66.9 Å². The smallest absolute Gasteiger partial charge is 0.335 e. The molecule has 216 valence electrons. The molecule has 0 N–H and O–H groups in total. The quantitative estimate of drug-likeness (QED) is 0.138. The van der Waals surface area contributed by atoms with Crippen LogP contribution in [0.3, 0.4) is 0 Å². The number of nitrogens with zero attached hydrogens (tertiary/aromatic N) is 1. The molecule has 4 aromatic rings. The second kappa shape index (κ2) is 14.5. The molecule has 0 bridgehead atoms. The molecule has 3 aromatic carbocycles. The van der Waals surface area contributed by atoms with E-state index in [1.807, 2.05) is 79.7 Å². The van der Waals surface area contributed by atoms with Crippen LogP contribution in [-0.4, -0.2) is 50.7 Å². The van der Waals surface area contributed by atoms with Crippen LogP contribution in [0.5, 0.6) is 17.2 Å². The van der Waals surface area contributed by atoms with Gasteiger partial charge in [0.1, 0.15) is 23.9 Å². The minimum Gasteiger partial charge on any atom is -0.497 e. The molecule has 1 atom stereocenters. The van der Waals surface area contributed by atoms with E-state index < -0.39 is 6.10 Å².